The summed E-state index contributed by atoms with van der Waals surface area (Å²) in [6.07, 6.45) is 3.41. The Bertz CT molecular complexity index is 513. The highest BCUT2D eigenvalue weighted by molar-refractivity contribution is 9.10. The molecule has 5 heteroatoms. The van der Waals surface area contributed by atoms with Crippen molar-refractivity contribution in [3.05, 3.63) is 29.0 Å². The maximum Gasteiger partial charge on any atom is 0.105 e. The first-order valence-electron chi connectivity index (χ1n) is 5.46. The van der Waals surface area contributed by atoms with E-state index >= 15 is 0 Å². The minimum Gasteiger partial charge on any atom is -0.383 e. The molecule has 1 N–H and O–H groups in total. The van der Waals surface area contributed by atoms with Gasteiger partial charge < -0.3 is 10.2 Å². The smallest absolute Gasteiger partial charge is 0.105 e. The third-order valence-electron chi connectivity index (χ3n) is 2.45. The molecule has 0 spiro atoms. The van der Waals surface area contributed by atoms with Gasteiger partial charge in [0.25, 0.3) is 0 Å². The van der Waals surface area contributed by atoms with Gasteiger partial charge in [-0.25, -0.2) is 0 Å². The van der Waals surface area contributed by atoms with Crippen LogP contribution in [0.3, 0.4) is 0 Å². The molecule has 0 radical (unpaired) electrons. The van der Waals surface area contributed by atoms with Crippen molar-refractivity contribution in [2.24, 2.45) is 0 Å². The Morgan fingerprint density at radius 1 is 1.24 bits per heavy atom. The number of hydrogen-bond donors (Lipinski definition) is 1. The van der Waals surface area contributed by atoms with Crippen molar-refractivity contribution < 1.29 is 0 Å². The molecule has 0 atom stereocenters. The number of anilines is 1. The molecular weight excluding hydrogens is 280 g/mol. The lowest BCUT2D eigenvalue weighted by atomic mass is 10.2. The second-order valence-corrected chi connectivity index (χ2v) is 4.87. The minimum absolute atomic E-state index is 0.891. The number of rotatable bonds is 4. The third-order valence-corrected chi connectivity index (χ3v) is 3.26. The highest BCUT2D eigenvalue weighted by atomic mass is 79.9. The van der Waals surface area contributed by atoms with Crippen molar-refractivity contribution in [1.29, 1.82) is 0 Å². The Morgan fingerprint density at radius 2 is 2.00 bits per heavy atom. The third kappa shape index (κ3) is 2.92. The van der Waals surface area contributed by atoms with Gasteiger partial charge in [-0.2, -0.15) is 0 Å². The van der Waals surface area contributed by atoms with Crippen LogP contribution in [0.4, 0.5) is 5.69 Å². The highest BCUT2D eigenvalue weighted by Gasteiger charge is 2.06. The molecule has 0 aliphatic heterocycles. The average Bonchev–Trinajstić information content (AvgIpc) is 2.32. The van der Waals surface area contributed by atoms with Crippen LogP contribution in [0.1, 0.15) is 0 Å². The van der Waals surface area contributed by atoms with E-state index in [4.69, 9.17) is 0 Å². The van der Waals surface area contributed by atoms with Gasteiger partial charge in [-0.15, -0.1) is 0 Å². The minimum atomic E-state index is 0.891. The number of aromatic nitrogens is 2. The van der Waals surface area contributed by atoms with Gasteiger partial charge in [0.15, 0.2) is 0 Å². The summed E-state index contributed by atoms with van der Waals surface area (Å²) in [7, 11) is 4.12. The molecule has 1 heterocycles. The molecule has 0 fully saturated rings. The fourth-order valence-corrected chi connectivity index (χ4v) is 2.13. The number of benzene rings is 1. The van der Waals surface area contributed by atoms with Crippen LogP contribution >= 0.6 is 15.9 Å². The van der Waals surface area contributed by atoms with E-state index in [1.807, 2.05) is 12.1 Å². The first kappa shape index (κ1) is 12.3. The molecule has 1 aromatic carbocycles. The standard InChI is InChI=1S/C12H15BrN4/c1-17(2)8-7-15-9-3-4-10-12(11(9)13)16-6-5-14-10/h3-6,15H,7-8H2,1-2H3. The van der Waals surface area contributed by atoms with Gasteiger partial charge in [-0.05, 0) is 42.2 Å². The van der Waals surface area contributed by atoms with Crippen molar-refractivity contribution in [1.82, 2.24) is 14.9 Å². The van der Waals surface area contributed by atoms with E-state index in [9.17, 15) is 0 Å². The second kappa shape index (κ2) is 5.42. The largest absolute Gasteiger partial charge is 0.383 e. The monoisotopic (exact) mass is 294 g/mol. The molecule has 17 heavy (non-hydrogen) atoms. The van der Waals surface area contributed by atoms with Gasteiger partial charge in [0.2, 0.25) is 0 Å². The summed E-state index contributed by atoms with van der Waals surface area (Å²) in [5, 5.41) is 3.38. The number of halogens is 1. The van der Waals surface area contributed by atoms with E-state index in [2.05, 4.69) is 50.2 Å². The van der Waals surface area contributed by atoms with Crippen LogP contribution in [0.2, 0.25) is 0 Å². The van der Waals surface area contributed by atoms with Crippen molar-refractivity contribution in [2.45, 2.75) is 0 Å². The average molecular weight is 295 g/mol. The topological polar surface area (TPSA) is 41.0 Å². The zero-order chi connectivity index (χ0) is 12.3. The maximum atomic E-state index is 4.32. The van der Waals surface area contributed by atoms with Crippen LogP contribution in [0.25, 0.3) is 11.0 Å². The van der Waals surface area contributed by atoms with Gasteiger partial charge >= 0.3 is 0 Å². The normalized spacial score (nSPS) is 11.1. The molecule has 0 saturated heterocycles. The summed E-state index contributed by atoms with van der Waals surface area (Å²) < 4.78 is 0.974. The Hall–Kier alpha value is -1.20. The van der Waals surface area contributed by atoms with Gasteiger partial charge in [0.05, 0.1) is 15.7 Å². The van der Waals surface area contributed by atoms with Crippen LogP contribution in [0.15, 0.2) is 29.0 Å². The fourth-order valence-electron chi connectivity index (χ4n) is 1.55. The second-order valence-electron chi connectivity index (χ2n) is 4.08. The van der Waals surface area contributed by atoms with Gasteiger partial charge in [0, 0.05) is 25.5 Å². The lowest BCUT2D eigenvalue weighted by Gasteiger charge is -2.13. The van der Waals surface area contributed by atoms with Gasteiger partial charge in [-0.1, -0.05) is 0 Å². The van der Waals surface area contributed by atoms with Crippen molar-refractivity contribution >= 4 is 32.7 Å². The summed E-state index contributed by atoms with van der Waals surface area (Å²) in [6, 6.07) is 4.00. The van der Waals surface area contributed by atoms with Crippen LogP contribution in [-0.4, -0.2) is 42.1 Å². The Labute approximate surface area is 109 Å². The summed E-state index contributed by atoms with van der Waals surface area (Å²) in [5.74, 6) is 0. The number of hydrogen-bond acceptors (Lipinski definition) is 4. The number of fused-ring (bicyclic) bond motifs is 1. The number of likely N-dealkylation sites (N-methyl/N-ethyl adjacent to an activating group) is 1. The van der Waals surface area contributed by atoms with E-state index in [1.165, 1.54) is 0 Å². The van der Waals surface area contributed by atoms with Crippen molar-refractivity contribution in [3.63, 3.8) is 0 Å². The Kier molecular flexibility index (Phi) is 3.91. The van der Waals surface area contributed by atoms with E-state index in [0.29, 0.717) is 0 Å². The molecule has 0 aliphatic carbocycles. The predicted molar refractivity (Wildman–Crippen MR) is 74.3 cm³/mol. The maximum absolute atomic E-state index is 4.32. The molecule has 0 amide bonds. The van der Waals surface area contributed by atoms with E-state index < -0.39 is 0 Å². The van der Waals surface area contributed by atoms with Crippen molar-refractivity contribution in [3.8, 4) is 0 Å². The van der Waals surface area contributed by atoms with Crippen LogP contribution in [-0.2, 0) is 0 Å². The lowest BCUT2D eigenvalue weighted by Crippen LogP contribution is -2.20. The molecular formula is C12H15BrN4. The first-order chi connectivity index (χ1) is 8.18. The summed E-state index contributed by atoms with van der Waals surface area (Å²) in [4.78, 5) is 10.7. The van der Waals surface area contributed by atoms with Crippen LogP contribution in [0.5, 0.6) is 0 Å². The van der Waals surface area contributed by atoms with Crippen LogP contribution in [0, 0.1) is 0 Å². The quantitative estimate of drug-likeness (QED) is 0.940. The number of nitrogens with zero attached hydrogens (tertiary/aromatic N) is 3. The molecule has 2 rings (SSSR count). The van der Waals surface area contributed by atoms with Crippen LogP contribution < -0.4 is 5.32 Å². The van der Waals surface area contributed by atoms with E-state index in [0.717, 1.165) is 34.3 Å². The molecule has 0 bridgehead atoms. The van der Waals surface area contributed by atoms with E-state index in [-0.39, 0.29) is 0 Å². The molecule has 0 unspecified atom stereocenters. The fraction of sp³-hybridized carbons (Fsp3) is 0.333. The van der Waals surface area contributed by atoms with Gasteiger partial charge in [-0.3, -0.25) is 9.97 Å². The molecule has 1 aromatic heterocycles. The molecule has 2 aromatic rings. The van der Waals surface area contributed by atoms with Gasteiger partial charge in [0.1, 0.15) is 5.52 Å². The first-order valence-corrected chi connectivity index (χ1v) is 6.25. The predicted octanol–water partition coefficient (Wildman–Crippen LogP) is 2.37. The highest BCUT2D eigenvalue weighted by Crippen LogP contribution is 2.28. The lowest BCUT2D eigenvalue weighted by molar-refractivity contribution is 0.425. The zero-order valence-electron chi connectivity index (χ0n) is 9.94. The molecule has 0 saturated carbocycles. The SMILES string of the molecule is CN(C)CCNc1ccc2nccnc2c1Br. The molecule has 90 valence electrons. The summed E-state index contributed by atoms with van der Waals surface area (Å²) in [6.45, 7) is 1.89. The molecule has 0 aliphatic rings. The summed E-state index contributed by atoms with van der Waals surface area (Å²) in [5.41, 5.74) is 2.85. The Balaban J connectivity index is 2.21. The number of nitrogens with one attached hydrogen (secondary N) is 1. The molecule has 4 nitrogen and oxygen atoms in total. The summed E-state index contributed by atoms with van der Waals surface area (Å²) >= 11 is 3.57. The zero-order valence-corrected chi connectivity index (χ0v) is 11.5. The van der Waals surface area contributed by atoms with E-state index in [1.54, 1.807) is 12.4 Å². The van der Waals surface area contributed by atoms with Crippen molar-refractivity contribution in [2.75, 3.05) is 32.5 Å². The Morgan fingerprint density at radius 3 is 2.76 bits per heavy atom.